The number of nitrogens with two attached hydrogens (primary N) is 1. The number of carbonyl (C=O) groups is 1. The van der Waals surface area contributed by atoms with E-state index in [2.05, 4.69) is 13.8 Å². The Kier molecular flexibility index (Phi) is 8.95. The third kappa shape index (κ3) is 7.07. The fraction of sp³-hybridized carbons (Fsp3) is 0.917. The van der Waals surface area contributed by atoms with Crippen molar-refractivity contribution >= 4 is 5.78 Å². The molecule has 0 rings (SSSR count). The van der Waals surface area contributed by atoms with E-state index in [1.165, 1.54) is 19.3 Å². The van der Waals surface area contributed by atoms with Gasteiger partial charge in [-0.1, -0.05) is 39.5 Å². The van der Waals surface area contributed by atoms with Crippen LogP contribution in [0.2, 0.25) is 0 Å². The zero-order valence-corrected chi connectivity index (χ0v) is 9.72. The van der Waals surface area contributed by atoms with Crippen molar-refractivity contribution in [3.8, 4) is 0 Å². The lowest BCUT2D eigenvalue weighted by molar-refractivity contribution is -0.120. The Morgan fingerprint density at radius 3 is 2.50 bits per heavy atom. The summed E-state index contributed by atoms with van der Waals surface area (Å²) in [4.78, 5) is 11.5. The van der Waals surface area contributed by atoms with Crippen LogP contribution in [0.1, 0.15) is 58.8 Å². The quantitative estimate of drug-likeness (QED) is 0.620. The van der Waals surface area contributed by atoms with Gasteiger partial charge in [-0.25, -0.2) is 0 Å². The maximum Gasteiger partial charge on any atom is 0.133 e. The van der Waals surface area contributed by atoms with E-state index in [9.17, 15) is 4.79 Å². The lowest BCUT2D eigenvalue weighted by Gasteiger charge is -2.12. The molecule has 0 aliphatic rings. The molecule has 0 heterocycles. The maximum absolute atomic E-state index is 11.5. The number of rotatable bonds is 9. The highest BCUT2D eigenvalue weighted by molar-refractivity contribution is 5.78. The summed E-state index contributed by atoms with van der Waals surface area (Å²) >= 11 is 0. The first-order valence-corrected chi connectivity index (χ1v) is 5.96. The first-order chi connectivity index (χ1) is 6.74. The SMILES string of the molecule is CCCCC(CC)CC(=O)CCCN. The molecule has 0 amide bonds. The smallest absolute Gasteiger partial charge is 0.133 e. The standard InChI is InChI=1S/C12H25NO/c1-3-5-7-11(4-2)10-12(14)8-6-9-13/h11H,3-10,13H2,1-2H3. The van der Waals surface area contributed by atoms with Crippen LogP contribution in [-0.2, 0) is 4.79 Å². The highest BCUT2D eigenvalue weighted by Gasteiger charge is 2.10. The van der Waals surface area contributed by atoms with Crippen LogP contribution >= 0.6 is 0 Å². The van der Waals surface area contributed by atoms with Gasteiger partial charge in [0.2, 0.25) is 0 Å². The van der Waals surface area contributed by atoms with Gasteiger partial charge in [-0.3, -0.25) is 4.79 Å². The van der Waals surface area contributed by atoms with Gasteiger partial charge in [-0.15, -0.1) is 0 Å². The third-order valence-corrected chi connectivity index (χ3v) is 2.72. The van der Waals surface area contributed by atoms with E-state index in [4.69, 9.17) is 5.73 Å². The molecule has 2 nitrogen and oxygen atoms in total. The molecule has 0 saturated heterocycles. The minimum absolute atomic E-state index is 0.401. The number of unbranched alkanes of at least 4 members (excludes halogenated alkanes) is 1. The van der Waals surface area contributed by atoms with Crippen molar-refractivity contribution in [3.05, 3.63) is 0 Å². The Morgan fingerprint density at radius 1 is 1.29 bits per heavy atom. The summed E-state index contributed by atoms with van der Waals surface area (Å²) in [6, 6.07) is 0. The van der Waals surface area contributed by atoms with Gasteiger partial charge >= 0.3 is 0 Å². The van der Waals surface area contributed by atoms with Crippen LogP contribution in [0.3, 0.4) is 0 Å². The molecular formula is C12H25NO. The third-order valence-electron chi connectivity index (χ3n) is 2.72. The minimum atomic E-state index is 0.401. The van der Waals surface area contributed by atoms with Crippen molar-refractivity contribution in [2.45, 2.75) is 58.8 Å². The summed E-state index contributed by atoms with van der Waals surface area (Å²) in [5, 5.41) is 0. The van der Waals surface area contributed by atoms with Gasteiger partial charge in [0, 0.05) is 12.8 Å². The van der Waals surface area contributed by atoms with E-state index in [-0.39, 0.29) is 0 Å². The highest BCUT2D eigenvalue weighted by atomic mass is 16.1. The van der Waals surface area contributed by atoms with Gasteiger partial charge in [0.25, 0.3) is 0 Å². The van der Waals surface area contributed by atoms with Crippen molar-refractivity contribution in [1.82, 2.24) is 0 Å². The second-order valence-corrected chi connectivity index (χ2v) is 4.05. The second kappa shape index (κ2) is 9.20. The van der Waals surface area contributed by atoms with Gasteiger partial charge in [0.1, 0.15) is 5.78 Å². The number of hydrogen-bond donors (Lipinski definition) is 1. The fourth-order valence-corrected chi connectivity index (χ4v) is 1.67. The molecule has 84 valence electrons. The molecule has 0 aromatic carbocycles. The molecule has 0 aromatic rings. The second-order valence-electron chi connectivity index (χ2n) is 4.05. The minimum Gasteiger partial charge on any atom is -0.330 e. The largest absolute Gasteiger partial charge is 0.330 e. The molecule has 0 aliphatic carbocycles. The van der Waals surface area contributed by atoms with E-state index in [1.54, 1.807) is 0 Å². The lowest BCUT2D eigenvalue weighted by atomic mass is 9.92. The fourth-order valence-electron chi connectivity index (χ4n) is 1.67. The molecule has 0 bridgehead atoms. The van der Waals surface area contributed by atoms with Crippen LogP contribution in [0.4, 0.5) is 0 Å². The molecule has 0 saturated carbocycles. The summed E-state index contributed by atoms with van der Waals surface area (Å²) in [6.45, 7) is 5.01. The van der Waals surface area contributed by atoms with E-state index in [0.29, 0.717) is 24.7 Å². The van der Waals surface area contributed by atoms with Crippen molar-refractivity contribution < 1.29 is 4.79 Å². The highest BCUT2D eigenvalue weighted by Crippen LogP contribution is 2.17. The van der Waals surface area contributed by atoms with Crippen molar-refractivity contribution in [2.24, 2.45) is 11.7 Å². The van der Waals surface area contributed by atoms with Crippen LogP contribution in [0.15, 0.2) is 0 Å². The van der Waals surface area contributed by atoms with Crippen LogP contribution < -0.4 is 5.73 Å². The topological polar surface area (TPSA) is 43.1 Å². The molecule has 1 atom stereocenters. The predicted molar refractivity (Wildman–Crippen MR) is 61.2 cm³/mol. The number of hydrogen-bond acceptors (Lipinski definition) is 2. The molecular weight excluding hydrogens is 174 g/mol. The number of Topliss-reactive ketones (excluding diaryl/α,β-unsaturated/α-hetero) is 1. The predicted octanol–water partition coefficient (Wildman–Crippen LogP) is 2.90. The van der Waals surface area contributed by atoms with Gasteiger partial charge in [0.05, 0.1) is 0 Å². The van der Waals surface area contributed by atoms with Gasteiger partial charge in [-0.05, 0) is 18.9 Å². The van der Waals surface area contributed by atoms with E-state index >= 15 is 0 Å². The van der Waals surface area contributed by atoms with Crippen LogP contribution in [0.5, 0.6) is 0 Å². The molecule has 0 aliphatic heterocycles. The molecule has 0 fully saturated rings. The molecule has 2 N–H and O–H groups in total. The first kappa shape index (κ1) is 13.6. The Bertz CT molecular complexity index is 145. The lowest BCUT2D eigenvalue weighted by Crippen LogP contribution is -2.10. The summed E-state index contributed by atoms with van der Waals surface area (Å²) in [6.07, 6.45) is 7.13. The maximum atomic E-state index is 11.5. The summed E-state index contributed by atoms with van der Waals surface area (Å²) in [7, 11) is 0. The summed E-state index contributed by atoms with van der Waals surface area (Å²) in [5.41, 5.74) is 5.37. The van der Waals surface area contributed by atoms with E-state index in [1.807, 2.05) is 0 Å². The van der Waals surface area contributed by atoms with Gasteiger partial charge < -0.3 is 5.73 Å². The molecule has 1 unspecified atom stereocenters. The molecule has 0 spiro atoms. The molecule has 14 heavy (non-hydrogen) atoms. The van der Waals surface area contributed by atoms with Crippen molar-refractivity contribution in [3.63, 3.8) is 0 Å². The average molecular weight is 199 g/mol. The Hall–Kier alpha value is -0.370. The van der Waals surface area contributed by atoms with E-state index < -0.39 is 0 Å². The van der Waals surface area contributed by atoms with Gasteiger partial charge in [-0.2, -0.15) is 0 Å². The summed E-state index contributed by atoms with van der Waals surface area (Å²) < 4.78 is 0. The average Bonchev–Trinajstić information content (AvgIpc) is 2.21. The van der Waals surface area contributed by atoms with Crippen molar-refractivity contribution in [2.75, 3.05) is 6.54 Å². The summed E-state index contributed by atoms with van der Waals surface area (Å²) in [5.74, 6) is 1.01. The number of carbonyl (C=O) groups excluding carboxylic acids is 1. The molecule has 2 heteroatoms. The monoisotopic (exact) mass is 199 g/mol. The molecule has 0 aromatic heterocycles. The Morgan fingerprint density at radius 2 is 2.00 bits per heavy atom. The van der Waals surface area contributed by atoms with Crippen LogP contribution in [0, 0.1) is 5.92 Å². The first-order valence-electron chi connectivity index (χ1n) is 5.96. The van der Waals surface area contributed by atoms with Crippen LogP contribution in [-0.4, -0.2) is 12.3 Å². The molecule has 0 radical (unpaired) electrons. The van der Waals surface area contributed by atoms with Crippen molar-refractivity contribution in [1.29, 1.82) is 0 Å². The Labute approximate surface area is 88.3 Å². The Balaban J connectivity index is 3.62. The normalized spacial score (nSPS) is 12.8. The van der Waals surface area contributed by atoms with E-state index in [0.717, 1.165) is 19.3 Å². The van der Waals surface area contributed by atoms with Gasteiger partial charge in [0.15, 0.2) is 0 Å². The number of ketones is 1. The van der Waals surface area contributed by atoms with Crippen LogP contribution in [0.25, 0.3) is 0 Å². The zero-order chi connectivity index (χ0) is 10.8. The zero-order valence-electron chi connectivity index (χ0n) is 9.72.